The Morgan fingerprint density at radius 2 is 2.11 bits per heavy atom. The first-order valence-corrected chi connectivity index (χ1v) is 5.90. The third-order valence-corrected chi connectivity index (χ3v) is 2.80. The molecule has 0 radical (unpaired) electrons. The molecule has 0 unspecified atom stereocenters. The van der Waals surface area contributed by atoms with Crippen LogP contribution in [0, 0.1) is 0 Å². The molecule has 2 rings (SSSR count). The van der Waals surface area contributed by atoms with Crippen LogP contribution in [0.5, 0.6) is 0 Å². The number of nitrogens with zero attached hydrogens (tertiary/aromatic N) is 1. The Morgan fingerprint density at radius 1 is 1.42 bits per heavy atom. The molecule has 0 saturated carbocycles. The molecule has 7 heteroatoms. The number of hydrogen-bond donors (Lipinski definition) is 1. The highest BCUT2D eigenvalue weighted by atomic mass is 35.5. The van der Waals surface area contributed by atoms with Gasteiger partial charge in [0.1, 0.15) is 0 Å². The van der Waals surface area contributed by atoms with E-state index in [-0.39, 0.29) is 6.42 Å². The number of carboxylic acid groups (broad SMARTS) is 1. The zero-order valence-electron chi connectivity index (χ0n) is 9.76. The zero-order chi connectivity index (χ0) is 13.8. The molecular formula is C12H10ClN2O4-. The lowest BCUT2D eigenvalue weighted by Crippen LogP contribution is -2.42. The van der Waals surface area contributed by atoms with Gasteiger partial charge in [0.2, 0.25) is 6.10 Å². The average Bonchev–Trinajstić information content (AvgIpc) is 2.86. The number of nitrogens with one attached hydrogen (secondary N) is 1. The van der Waals surface area contributed by atoms with Crippen LogP contribution in [0.15, 0.2) is 29.4 Å². The van der Waals surface area contributed by atoms with E-state index in [1.54, 1.807) is 24.3 Å². The fourth-order valence-corrected chi connectivity index (χ4v) is 1.73. The second-order valence-electron chi connectivity index (χ2n) is 3.93. The Bertz CT molecular complexity index is 527. The number of carbonyl (C=O) groups excluding carboxylic acids is 2. The molecule has 1 aliphatic rings. The summed E-state index contributed by atoms with van der Waals surface area (Å²) in [5.41, 5.74) is 1.42. The maximum atomic E-state index is 11.6. The molecule has 0 aromatic heterocycles. The molecule has 0 saturated heterocycles. The van der Waals surface area contributed by atoms with E-state index in [0.717, 1.165) is 5.56 Å². The van der Waals surface area contributed by atoms with Crippen LogP contribution in [0.25, 0.3) is 0 Å². The molecule has 0 bridgehead atoms. The number of benzene rings is 1. The van der Waals surface area contributed by atoms with Gasteiger partial charge in [0.05, 0.1) is 18.2 Å². The van der Waals surface area contributed by atoms with Gasteiger partial charge < -0.3 is 20.1 Å². The second-order valence-corrected chi connectivity index (χ2v) is 4.37. The Balaban J connectivity index is 1.93. The maximum Gasteiger partial charge on any atom is 0.264 e. The highest BCUT2D eigenvalue weighted by molar-refractivity contribution is 6.30. The summed E-state index contributed by atoms with van der Waals surface area (Å²) in [6.45, 7) is -0.547. The molecule has 0 aliphatic carbocycles. The average molecular weight is 282 g/mol. The topological polar surface area (TPSA) is 90.8 Å². The smallest absolute Gasteiger partial charge is 0.264 e. The van der Waals surface area contributed by atoms with E-state index >= 15 is 0 Å². The number of hydrogen-bond acceptors (Lipinski definition) is 5. The van der Waals surface area contributed by atoms with Gasteiger partial charge in [-0.15, -0.1) is 0 Å². The summed E-state index contributed by atoms with van der Waals surface area (Å²) in [6, 6.07) is 6.96. The molecular weight excluding hydrogens is 272 g/mol. The molecule has 1 aromatic carbocycles. The summed E-state index contributed by atoms with van der Waals surface area (Å²) in [6.07, 6.45) is -0.537. The van der Waals surface area contributed by atoms with Gasteiger partial charge in [0.15, 0.2) is 0 Å². The number of halogens is 1. The molecule has 100 valence electrons. The Hall–Kier alpha value is -2.08. The summed E-state index contributed by atoms with van der Waals surface area (Å²) < 4.78 is 0. The lowest BCUT2D eigenvalue weighted by molar-refractivity contribution is -0.304. The molecule has 1 N–H and O–H groups in total. The van der Waals surface area contributed by atoms with E-state index in [4.69, 9.17) is 16.4 Å². The molecule has 0 fully saturated rings. The van der Waals surface area contributed by atoms with Crippen molar-refractivity contribution in [3.63, 3.8) is 0 Å². The summed E-state index contributed by atoms with van der Waals surface area (Å²) >= 11 is 5.77. The minimum atomic E-state index is -1.36. The van der Waals surface area contributed by atoms with Crippen LogP contribution < -0.4 is 10.4 Å². The van der Waals surface area contributed by atoms with E-state index < -0.39 is 24.5 Å². The van der Waals surface area contributed by atoms with Crippen molar-refractivity contribution in [2.75, 3.05) is 6.54 Å². The van der Waals surface area contributed by atoms with Crippen molar-refractivity contribution in [3.8, 4) is 0 Å². The van der Waals surface area contributed by atoms with E-state index in [1.165, 1.54) is 0 Å². The van der Waals surface area contributed by atoms with Crippen LogP contribution >= 0.6 is 11.6 Å². The number of oxime groups is 1. The van der Waals surface area contributed by atoms with Crippen molar-refractivity contribution in [3.05, 3.63) is 34.9 Å². The van der Waals surface area contributed by atoms with Crippen molar-refractivity contribution in [1.29, 1.82) is 0 Å². The predicted molar refractivity (Wildman–Crippen MR) is 65.5 cm³/mol. The highest BCUT2D eigenvalue weighted by Gasteiger charge is 2.28. The predicted octanol–water partition coefficient (Wildman–Crippen LogP) is -0.301. The van der Waals surface area contributed by atoms with Crippen molar-refractivity contribution in [2.45, 2.75) is 12.5 Å². The summed E-state index contributed by atoms with van der Waals surface area (Å²) in [5.74, 6) is -1.89. The van der Waals surface area contributed by atoms with E-state index in [2.05, 4.69) is 10.5 Å². The van der Waals surface area contributed by atoms with Crippen LogP contribution in [-0.4, -0.2) is 30.2 Å². The van der Waals surface area contributed by atoms with Gasteiger partial charge in [0.25, 0.3) is 5.91 Å². The number of carbonyl (C=O) groups is 2. The second kappa shape index (κ2) is 5.71. The summed E-state index contributed by atoms with van der Waals surface area (Å²) in [7, 11) is 0. The molecule has 1 aromatic rings. The van der Waals surface area contributed by atoms with Gasteiger partial charge >= 0.3 is 0 Å². The molecule has 1 heterocycles. The van der Waals surface area contributed by atoms with Crippen molar-refractivity contribution < 1.29 is 19.5 Å². The van der Waals surface area contributed by atoms with Crippen LogP contribution in [0.4, 0.5) is 0 Å². The zero-order valence-corrected chi connectivity index (χ0v) is 10.5. The van der Waals surface area contributed by atoms with Gasteiger partial charge in [-0.2, -0.15) is 0 Å². The third kappa shape index (κ3) is 3.45. The summed E-state index contributed by atoms with van der Waals surface area (Å²) in [4.78, 5) is 26.8. The molecule has 6 nitrogen and oxygen atoms in total. The molecule has 1 amide bonds. The van der Waals surface area contributed by atoms with Crippen LogP contribution in [0.1, 0.15) is 12.0 Å². The Labute approximate surface area is 114 Å². The normalized spacial score (nSPS) is 17.5. The Kier molecular flexibility index (Phi) is 4.01. The first kappa shape index (κ1) is 13.4. The summed E-state index contributed by atoms with van der Waals surface area (Å²) in [5, 5.41) is 16.8. The Morgan fingerprint density at radius 3 is 2.74 bits per heavy atom. The van der Waals surface area contributed by atoms with Gasteiger partial charge in [-0.1, -0.05) is 28.9 Å². The van der Waals surface area contributed by atoms with E-state index in [9.17, 15) is 14.7 Å². The number of carboxylic acids is 1. The fourth-order valence-electron chi connectivity index (χ4n) is 1.60. The maximum absolute atomic E-state index is 11.6. The lowest BCUT2D eigenvalue weighted by atomic mass is 10.0. The first-order chi connectivity index (χ1) is 9.06. The SMILES string of the molecule is O=C([O-])CNC(=O)[C@H]1CC(c2ccc(Cl)cc2)=NO1. The lowest BCUT2D eigenvalue weighted by Gasteiger charge is -2.09. The van der Waals surface area contributed by atoms with Crippen molar-refractivity contribution in [1.82, 2.24) is 5.32 Å². The molecule has 1 atom stereocenters. The van der Waals surface area contributed by atoms with Gasteiger partial charge in [0, 0.05) is 11.4 Å². The van der Waals surface area contributed by atoms with Gasteiger partial charge in [-0.25, -0.2) is 0 Å². The van der Waals surface area contributed by atoms with Gasteiger partial charge in [-0.3, -0.25) is 4.79 Å². The van der Waals surface area contributed by atoms with E-state index in [1.807, 2.05) is 0 Å². The third-order valence-electron chi connectivity index (χ3n) is 2.55. The molecule has 1 aliphatic heterocycles. The molecule has 19 heavy (non-hydrogen) atoms. The molecule has 0 spiro atoms. The number of rotatable bonds is 4. The standard InChI is InChI=1S/C12H11ClN2O4/c13-8-3-1-7(2-4-8)9-5-10(19-15-9)12(18)14-6-11(16)17/h1-4,10H,5-6H2,(H,14,18)(H,16,17)/p-1/t10-/m1/s1. The minimum absolute atomic E-state index is 0.278. The number of aliphatic carboxylic acids is 1. The van der Waals surface area contributed by atoms with Crippen LogP contribution in [-0.2, 0) is 14.4 Å². The van der Waals surface area contributed by atoms with Gasteiger partial charge in [-0.05, 0) is 17.7 Å². The van der Waals surface area contributed by atoms with Crippen LogP contribution in [0.2, 0.25) is 5.02 Å². The number of amides is 1. The monoisotopic (exact) mass is 281 g/mol. The minimum Gasteiger partial charge on any atom is -0.548 e. The van der Waals surface area contributed by atoms with Crippen molar-refractivity contribution in [2.24, 2.45) is 5.16 Å². The van der Waals surface area contributed by atoms with E-state index in [0.29, 0.717) is 10.7 Å². The fraction of sp³-hybridized carbons (Fsp3) is 0.250. The largest absolute Gasteiger partial charge is 0.548 e. The highest BCUT2D eigenvalue weighted by Crippen LogP contribution is 2.18. The van der Waals surface area contributed by atoms with Crippen molar-refractivity contribution >= 4 is 29.2 Å². The quantitative estimate of drug-likeness (QED) is 0.820. The van der Waals surface area contributed by atoms with Crippen LogP contribution in [0.3, 0.4) is 0 Å². The first-order valence-electron chi connectivity index (χ1n) is 5.52.